The molecule has 0 saturated carbocycles. The van der Waals surface area contributed by atoms with Crippen LogP contribution >= 0.6 is 0 Å². The molecule has 42 heavy (non-hydrogen) atoms. The summed E-state index contributed by atoms with van der Waals surface area (Å²) >= 11 is 0. The third-order valence-corrected chi connectivity index (χ3v) is 7.17. The summed E-state index contributed by atoms with van der Waals surface area (Å²) < 4.78 is 38.7. The molecular formula is C28H32O14. The molecule has 2 aliphatic heterocycles. The fraction of sp³-hybridized carbons (Fsp3) is 0.464. The predicted octanol–water partition coefficient (Wildman–Crippen LogP) is -0.881. The maximum absolute atomic E-state index is 13.3. The van der Waals surface area contributed by atoms with Gasteiger partial charge in [-0.1, -0.05) is 0 Å². The molecule has 14 heteroatoms. The molecule has 9 atom stereocenters. The second-order valence-corrected chi connectivity index (χ2v) is 9.92. The third-order valence-electron chi connectivity index (χ3n) is 7.17. The molecule has 2 saturated heterocycles. The highest BCUT2D eigenvalue weighted by Gasteiger charge is 2.46. The Balaban J connectivity index is 1.40. The highest BCUT2D eigenvalue weighted by molar-refractivity contribution is 5.86. The van der Waals surface area contributed by atoms with Crippen LogP contribution in [0.1, 0.15) is 0 Å². The van der Waals surface area contributed by atoms with Crippen molar-refractivity contribution in [2.45, 2.75) is 55.3 Å². The summed E-state index contributed by atoms with van der Waals surface area (Å²) in [4.78, 5) is 13.3. The van der Waals surface area contributed by atoms with E-state index in [9.17, 15) is 35.4 Å². The molecule has 2 fully saturated rings. The molecule has 1 aromatic heterocycles. The quantitative estimate of drug-likeness (QED) is 0.188. The van der Waals surface area contributed by atoms with Gasteiger partial charge in [0.05, 0.1) is 27.4 Å². The summed E-state index contributed by atoms with van der Waals surface area (Å²) in [6.07, 6.45) is -13.8. The van der Waals surface area contributed by atoms with Crippen molar-refractivity contribution in [1.29, 1.82) is 0 Å². The molecule has 2 aliphatic rings. The summed E-state index contributed by atoms with van der Waals surface area (Å²) in [5, 5.41) is 61.2. The topological polar surface area (TPSA) is 207 Å². The number of aliphatic hydroxyl groups excluding tert-OH is 6. The van der Waals surface area contributed by atoms with Crippen molar-refractivity contribution in [3.05, 3.63) is 52.7 Å². The second-order valence-electron chi connectivity index (χ2n) is 9.92. The first-order valence-electron chi connectivity index (χ1n) is 13.0. The second kappa shape index (κ2) is 12.5. The van der Waals surface area contributed by atoms with Crippen LogP contribution in [0.4, 0.5) is 0 Å². The van der Waals surface area contributed by atoms with E-state index in [0.29, 0.717) is 11.3 Å². The lowest BCUT2D eigenvalue weighted by atomic mass is 9.99. The number of aliphatic hydroxyl groups is 6. The fourth-order valence-corrected chi connectivity index (χ4v) is 4.73. The fourth-order valence-electron chi connectivity index (χ4n) is 4.73. The van der Waals surface area contributed by atoms with Crippen LogP contribution in [0.2, 0.25) is 0 Å². The van der Waals surface area contributed by atoms with Gasteiger partial charge in [0.15, 0.2) is 11.7 Å². The zero-order valence-electron chi connectivity index (χ0n) is 22.6. The van der Waals surface area contributed by atoms with Crippen LogP contribution in [-0.2, 0) is 14.2 Å². The van der Waals surface area contributed by atoms with Crippen molar-refractivity contribution in [2.75, 3.05) is 27.4 Å². The van der Waals surface area contributed by atoms with Gasteiger partial charge < -0.3 is 63.5 Å². The molecule has 3 aromatic rings. The average molecular weight is 593 g/mol. The van der Waals surface area contributed by atoms with Crippen molar-refractivity contribution in [2.24, 2.45) is 0 Å². The van der Waals surface area contributed by atoms with Gasteiger partial charge in [0.25, 0.3) is 0 Å². The minimum absolute atomic E-state index is 0.00328. The Morgan fingerprint density at radius 1 is 0.810 bits per heavy atom. The number of fused-ring (bicyclic) bond motifs is 1. The Kier molecular flexibility index (Phi) is 8.98. The van der Waals surface area contributed by atoms with Crippen LogP contribution in [0.15, 0.2) is 51.7 Å². The normalized spacial score (nSPS) is 31.6. The van der Waals surface area contributed by atoms with Crippen molar-refractivity contribution in [3.63, 3.8) is 0 Å². The average Bonchev–Trinajstić information content (AvgIpc) is 2.99. The number of benzene rings is 2. The van der Waals surface area contributed by atoms with E-state index in [1.54, 1.807) is 24.3 Å². The molecule has 0 radical (unpaired) electrons. The lowest BCUT2D eigenvalue weighted by Gasteiger charge is -2.41. The van der Waals surface area contributed by atoms with E-state index in [4.69, 9.17) is 32.8 Å². The first-order chi connectivity index (χ1) is 20.1. The summed E-state index contributed by atoms with van der Waals surface area (Å²) in [6.45, 7) is -0.780. The summed E-state index contributed by atoms with van der Waals surface area (Å²) in [7, 11) is 2.93. The molecule has 0 bridgehead atoms. The maximum Gasteiger partial charge on any atom is 0.229 e. The maximum atomic E-state index is 13.3. The molecule has 2 aromatic carbocycles. The third kappa shape index (κ3) is 5.94. The van der Waals surface area contributed by atoms with Crippen LogP contribution in [0.25, 0.3) is 22.3 Å². The Morgan fingerprint density at radius 2 is 1.50 bits per heavy atom. The minimum atomic E-state index is -1.75. The van der Waals surface area contributed by atoms with E-state index in [1.165, 1.54) is 32.4 Å². The van der Waals surface area contributed by atoms with Gasteiger partial charge in [-0.25, -0.2) is 0 Å². The predicted molar refractivity (Wildman–Crippen MR) is 142 cm³/mol. The first kappa shape index (κ1) is 30.2. The highest BCUT2D eigenvalue weighted by atomic mass is 16.7. The molecule has 3 heterocycles. The molecule has 228 valence electrons. The Bertz CT molecular complexity index is 1420. The Labute approximate surface area is 238 Å². The molecule has 0 spiro atoms. The molecule has 0 unspecified atom stereocenters. The standard InChI is InChI=1S/C28H32O14/c1-36-13-5-3-12(4-6-13)17-9-15(29)21-18(40-17)7-14(37-2)8-19(21)41-28-26(35)24(33)23(32)20(42-28)11-39-27-25(34)22(31)16(30)10-38-27/h3-9,16,20,22-28,30-35H,10-11H2,1-2H3/t16-,20-,22+,23-,24+,25-,26-,27-,28-/m1/s1. The number of ether oxygens (including phenoxy) is 6. The molecular weight excluding hydrogens is 560 g/mol. The van der Waals surface area contributed by atoms with E-state index in [0.717, 1.165) is 0 Å². The van der Waals surface area contributed by atoms with E-state index in [2.05, 4.69) is 0 Å². The van der Waals surface area contributed by atoms with Gasteiger partial charge in [-0.3, -0.25) is 4.79 Å². The van der Waals surface area contributed by atoms with Gasteiger partial charge in [-0.05, 0) is 24.3 Å². The van der Waals surface area contributed by atoms with E-state index in [-0.39, 0.29) is 34.8 Å². The molecule has 5 rings (SSSR count). The largest absolute Gasteiger partial charge is 0.497 e. The van der Waals surface area contributed by atoms with Crippen molar-refractivity contribution >= 4 is 11.0 Å². The molecule has 6 N–H and O–H groups in total. The summed E-state index contributed by atoms with van der Waals surface area (Å²) in [5.74, 6) is 1.06. The monoisotopic (exact) mass is 592 g/mol. The van der Waals surface area contributed by atoms with Crippen molar-refractivity contribution < 1.29 is 63.5 Å². The summed E-state index contributed by atoms with van der Waals surface area (Å²) in [5.41, 5.74) is 0.243. The first-order valence-corrected chi connectivity index (χ1v) is 13.0. The Morgan fingerprint density at radius 3 is 2.19 bits per heavy atom. The van der Waals surface area contributed by atoms with Gasteiger partial charge in [-0.2, -0.15) is 0 Å². The van der Waals surface area contributed by atoms with Crippen LogP contribution < -0.4 is 19.6 Å². The lowest BCUT2D eigenvalue weighted by Crippen LogP contribution is -2.61. The molecule has 0 aliphatic carbocycles. The molecule has 0 amide bonds. The van der Waals surface area contributed by atoms with Crippen LogP contribution in [0, 0.1) is 0 Å². The van der Waals surface area contributed by atoms with E-state index >= 15 is 0 Å². The highest BCUT2D eigenvalue weighted by Crippen LogP contribution is 2.34. The van der Waals surface area contributed by atoms with Crippen LogP contribution in [0.5, 0.6) is 17.2 Å². The smallest absolute Gasteiger partial charge is 0.229 e. The SMILES string of the molecule is COc1ccc(-c2cc(=O)c3c(O[C@@H]4O[C@H](CO[C@H]5OC[C@@H](O)[C@H](O)[C@H]5O)[C@@H](O)[C@H](O)[C@H]4O)cc(OC)cc3o2)cc1. The zero-order chi connectivity index (χ0) is 30.1. The van der Waals surface area contributed by atoms with Crippen LogP contribution in [0.3, 0.4) is 0 Å². The van der Waals surface area contributed by atoms with E-state index < -0.39 is 67.3 Å². The zero-order valence-corrected chi connectivity index (χ0v) is 22.6. The number of hydrogen-bond acceptors (Lipinski definition) is 14. The minimum Gasteiger partial charge on any atom is -0.497 e. The van der Waals surface area contributed by atoms with Crippen molar-refractivity contribution in [3.8, 4) is 28.6 Å². The molecule has 14 nitrogen and oxygen atoms in total. The van der Waals surface area contributed by atoms with Gasteiger partial charge in [0.1, 0.15) is 76.7 Å². The number of rotatable bonds is 8. The Hall–Kier alpha value is -3.31. The van der Waals surface area contributed by atoms with Gasteiger partial charge in [0.2, 0.25) is 6.29 Å². The summed E-state index contributed by atoms with van der Waals surface area (Å²) in [6, 6.07) is 11.0. The lowest BCUT2D eigenvalue weighted by molar-refractivity contribution is -0.307. The van der Waals surface area contributed by atoms with E-state index in [1.807, 2.05) is 0 Å². The van der Waals surface area contributed by atoms with Gasteiger partial charge in [0, 0.05) is 23.8 Å². The van der Waals surface area contributed by atoms with Gasteiger partial charge in [-0.15, -0.1) is 0 Å². The number of hydrogen-bond donors (Lipinski definition) is 6. The van der Waals surface area contributed by atoms with Crippen LogP contribution in [-0.4, -0.2) is 113 Å². The number of methoxy groups -OCH3 is 2. The van der Waals surface area contributed by atoms with Gasteiger partial charge >= 0.3 is 0 Å². The van der Waals surface area contributed by atoms with Crippen molar-refractivity contribution in [1.82, 2.24) is 0 Å².